The van der Waals surface area contributed by atoms with E-state index in [0.29, 0.717) is 30.3 Å². The van der Waals surface area contributed by atoms with Crippen molar-refractivity contribution in [1.29, 1.82) is 0 Å². The van der Waals surface area contributed by atoms with Crippen LogP contribution in [0.5, 0.6) is 0 Å². The Morgan fingerprint density at radius 3 is 2.46 bits per heavy atom. The quantitative estimate of drug-likeness (QED) is 0.577. The van der Waals surface area contributed by atoms with E-state index in [1.54, 1.807) is 29.7 Å². The Morgan fingerprint density at radius 1 is 1.11 bits per heavy atom. The first-order valence-electron chi connectivity index (χ1n) is 9.45. The van der Waals surface area contributed by atoms with Gasteiger partial charge < -0.3 is 10.2 Å². The molecule has 0 radical (unpaired) electrons. The van der Waals surface area contributed by atoms with E-state index in [0.717, 1.165) is 11.3 Å². The van der Waals surface area contributed by atoms with Gasteiger partial charge in [0, 0.05) is 36.0 Å². The van der Waals surface area contributed by atoms with Crippen molar-refractivity contribution in [1.82, 2.24) is 10.2 Å². The summed E-state index contributed by atoms with van der Waals surface area (Å²) in [6, 6.07) is 17.0. The Morgan fingerprint density at radius 2 is 1.79 bits per heavy atom. The number of thioether (sulfide) groups is 1. The maximum atomic E-state index is 12.9. The minimum Gasteiger partial charge on any atom is -0.355 e. The summed E-state index contributed by atoms with van der Waals surface area (Å²) in [5.41, 5.74) is 2.08. The van der Waals surface area contributed by atoms with Gasteiger partial charge in [-0.2, -0.15) is 11.8 Å². The number of nitrogens with zero attached hydrogens (tertiary/aromatic N) is 1. The third kappa shape index (κ3) is 6.88. The zero-order chi connectivity index (χ0) is 20.4. The van der Waals surface area contributed by atoms with Crippen LogP contribution in [0.15, 0.2) is 54.6 Å². The number of hydrogen-bond donors (Lipinski definition) is 1. The number of carbonyl (C=O) groups excluding carboxylic acids is 2. The minimum atomic E-state index is -0.553. The van der Waals surface area contributed by atoms with Crippen molar-refractivity contribution in [3.8, 4) is 0 Å². The van der Waals surface area contributed by atoms with Crippen LogP contribution in [-0.2, 0) is 21.9 Å². The molecular weight excluding hydrogens is 392 g/mol. The first-order valence-corrected chi connectivity index (χ1v) is 11.0. The molecule has 0 aliphatic heterocycles. The molecule has 6 heteroatoms. The predicted octanol–water partition coefficient (Wildman–Crippen LogP) is 4.52. The third-order valence-corrected chi connectivity index (χ3v) is 5.79. The molecule has 2 amide bonds. The standard InChI is InChI=1S/C22H27ClN2O2S/c1-3-24-22(27)17(2)25(15-19-11-7-8-12-20(19)23)21(26)13-14-28-16-18-9-5-4-6-10-18/h4-12,17H,3,13-16H2,1-2H3,(H,24,27)/t17-/m0/s1. The molecule has 2 aromatic carbocycles. The van der Waals surface area contributed by atoms with E-state index < -0.39 is 6.04 Å². The Bertz CT molecular complexity index is 770. The van der Waals surface area contributed by atoms with E-state index in [4.69, 9.17) is 11.6 Å². The van der Waals surface area contributed by atoms with Crippen LogP contribution in [-0.4, -0.2) is 35.1 Å². The van der Waals surface area contributed by atoms with Gasteiger partial charge in [-0.25, -0.2) is 0 Å². The van der Waals surface area contributed by atoms with E-state index in [-0.39, 0.29) is 11.8 Å². The molecule has 2 aromatic rings. The SMILES string of the molecule is CCNC(=O)[C@H](C)N(Cc1ccccc1Cl)C(=O)CCSCc1ccccc1. The van der Waals surface area contributed by atoms with E-state index in [2.05, 4.69) is 17.4 Å². The summed E-state index contributed by atoms with van der Waals surface area (Å²) in [6.07, 6.45) is 0.381. The molecule has 0 fully saturated rings. The van der Waals surface area contributed by atoms with Crippen molar-refractivity contribution < 1.29 is 9.59 Å². The molecule has 0 saturated heterocycles. The fraction of sp³-hybridized carbons (Fsp3) is 0.364. The summed E-state index contributed by atoms with van der Waals surface area (Å²) in [7, 11) is 0. The van der Waals surface area contributed by atoms with Gasteiger partial charge >= 0.3 is 0 Å². The van der Waals surface area contributed by atoms with Crippen molar-refractivity contribution >= 4 is 35.2 Å². The van der Waals surface area contributed by atoms with E-state index in [9.17, 15) is 9.59 Å². The number of carbonyl (C=O) groups is 2. The van der Waals surface area contributed by atoms with Gasteiger partial charge in [0.05, 0.1) is 0 Å². The summed E-state index contributed by atoms with van der Waals surface area (Å²) in [4.78, 5) is 26.9. The van der Waals surface area contributed by atoms with E-state index >= 15 is 0 Å². The molecule has 0 aromatic heterocycles. The summed E-state index contributed by atoms with van der Waals surface area (Å²) >= 11 is 7.99. The topological polar surface area (TPSA) is 49.4 Å². The van der Waals surface area contributed by atoms with Crippen molar-refractivity contribution in [2.75, 3.05) is 12.3 Å². The van der Waals surface area contributed by atoms with Crippen molar-refractivity contribution in [3.63, 3.8) is 0 Å². The van der Waals surface area contributed by atoms with E-state index in [1.165, 1.54) is 5.56 Å². The first kappa shape index (κ1) is 22.3. The van der Waals surface area contributed by atoms with Gasteiger partial charge in [0.25, 0.3) is 0 Å². The number of halogens is 1. The Hall–Kier alpha value is -1.98. The summed E-state index contributed by atoms with van der Waals surface area (Å²) < 4.78 is 0. The fourth-order valence-electron chi connectivity index (χ4n) is 2.78. The fourth-order valence-corrected chi connectivity index (χ4v) is 3.87. The summed E-state index contributed by atoms with van der Waals surface area (Å²) in [6.45, 7) is 4.48. The molecule has 0 heterocycles. The highest BCUT2D eigenvalue weighted by molar-refractivity contribution is 7.98. The first-order chi connectivity index (χ1) is 13.5. The second-order valence-electron chi connectivity index (χ2n) is 6.47. The lowest BCUT2D eigenvalue weighted by Crippen LogP contribution is -2.47. The summed E-state index contributed by atoms with van der Waals surface area (Å²) in [5.74, 6) is 1.37. The normalized spacial score (nSPS) is 11.7. The van der Waals surface area contributed by atoms with Crippen LogP contribution < -0.4 is 5.32 Å². The number of amides is 2. The zero-order valence-corrected chi connectivity index (χ0v) is 17.9. The lowest BCUT2D eigenvalue weighted by molar-refractivity contribution is -0.140. The van der Waals surface area contributed by atoms with Crippen molar-refractivity contribution in [2.24, 2.45) is 0 Å². The zero-order valence-electron chi connectivity index (χ0n) is 16.4. The number of benzene rings is 2. The monoisotopic (exact) mass is 418 g/mol. The predicted molar refractivity (Wildman–Crippen MR) is 117 cm³/mol. The lowest BCUT2D eigenvalue weighted by atomic mass is 10.1. The molecule has 150 valence electrons. The summed E-state index contributed by atoms with van der Waals surface area (Å²) in [5, 5.41) is 3.40. The molecule has 0 aliphatic rings. The second kappa shape index (κ2) is 11.8. The minimum absolute atomic E-state index is 0.0424. The molecule has 0 spiro atoms. The van der Waals surface area contributed by atoms with Gasteiger partial charge in [-0.15, -0.1) is 0 Å². The maximum absolute atomic E-state index is 12.9. The average molecular weight is 419 g/mol. The number of hydrogen-bond acceptors (Lipinski definition) is 3. The highest BCUT2D eigenvalue weighted by Crippen LogP contribution is 2.20. The molecule has 0 aliphatic carbocycles. The number of rotatable bonds is 10. The molecule has 1 N–H and O–H groups in total. The van der Waals surface area contributed by atoms with Crippen LogP contribution in [0.3, 0.4) is 0 Å². The Balaban J connectivity index is 1.99. The molecule has 4 nitrogen and oxygen atoms in total. The lowest BCUT2D eigenvalue weighted by Gasteiger charge is -2.29. The van der Waals surface area contributed by atoms with Crippen LogP contribution in [0, 0.1) is 0 Å². The molecule has 0 bridgehead atoms. The van der Waals surface area contributed by atoms with Gasteiger partial charge in [-0.1, -0.05) is 60.1 Å². The molecule has 28 heavy (non-hydrogen) atoms. The van der Waals surface area contributed by atoms with Gasteiger partial charge in [0.15, 0.2) is 0 Å². The largest absolute Gasteiger partial charge is 0.355 e. The number of likely N-dealkylation sites (N-methyl/N-ethyl adjacent to an activating group) is 1. The van der Waals surface area contributed by atoms with Crippen LogP contribution in [0.1, 0.15) is 31.4 Å². The smallest absolute Gasteiger partial charge is 0.242 e. The van der Waals surface area contributed by atoms with Crippen molar-refractivity contribution in [2.45, 2.75) is 38.6 Å². The second-order valence-corrected chi connectivity index (χ2v) is 7.98. The van der Waals surface area contributed by atoms with Gasteiger partial charge in [0.2, 0.25) is 11.8 Å². The van der Waals surface area contributed by atoms with E-state index in [1.807, 2.05) is 43.3 Å². The van der Waals surface area contributed by atoms with Crippen LogP contribution >= 0.6 is 23.4 Å². The molecule has 0 saturated carbocycles. The van der Waals surface area contributed by atoms with Gasteiger partial charge in [-0.3, -0.25) is 9.59 Å². The highest BCUT2D eigenvalue weighted by atomic mass is 35.5. The molecule has 1 atom stereocenters. The van der Waals surface area contributed by atoms with Crippen LogP contribution in [0.25, 0.3) is 0 Å². The van der Waals surface area contributed by atoms with Gasteiger partial charge in [-0.05, 0) is 31.0 Å². The number of nitrogens with one attached hydrogen (secondary N) is 1. The maximum Gasteiger partial charge on any atom is 0.242 e. The molecule has 2 rings (SSSR count). The van der Waals surface area contributed by atoms with Gasteiger partial charge in [0.1, 0.15) is 6.04 Å². The molecular formula is C22H27ClN2O2S. The molecule has 0 unspecified atom stereocenters. The van der Waals surface area contributed by atoms with Crippen LogP contribution in [0.4, 0.5) is 0 Å². The average Bonchev–Trinajstić information content (AvgIpc) is 2.71. The Labute approximate surface area is 176 Å². The highest BCUT2D eigenvalue weighted by Gasteiger charge is 2.26. The Kier molecular flexibility index (Phi) is 9.38. The van der Waals surface area contributed by atoms with Crippen molar-refractivity contribution in [3.05, 3.63) is 70.7 Å². The van der Waals surface area contributed by atoms with Crippen LogP contribution in [0.2, 0.25) is 5.02 Å². The third-order valence-electron chi connectivity index (χ3n) is 4.39.